The summed E-state index contributed by atoms with van der Waals surface area (Å²) in [6, 6.07) is 0. The molecule has 0 aliphatic heterocycles. The molecule has 2 bridgehead atoms. The van der Waals surface area contributed by atoms with E-state index in [0.717, 1.165) is 43.9 Å². The van der Waals surface area contributed by atoms with Crippen molar-refractivity contribution < 1.29 is 15.0 Å². The maximum absolute atomic E-state index is 10.6. The molecule has 0 radical (unpaired) electrons. The minimum absolute atomic E-state index is 0.256. The Labute approximate surface area is 165 Å². The van der Waals surface area contributed by atoms with Gasteiger partial charge in [0, 0.05) is 6.42 Å². The molecule has 5 atom stereocenters. The maximum Gasteiger partial charge on any atom is 0.303 e. The SMILES string of the molecule is CCCCC[C@H](O)/C=C/[C@H]1C[C@H]2C[C@@H]([C@H]1C/C=C\CCCC(=O)O)C2(C)C. The van der Waals surface area contributed by atoms with E-state index in [0.29, 0.717) is 17.3 Å². The van der Waals surface area contributed by atoms with Gasteiger partial charge in [0.15, 0.2) is 0 Å². The molecule has 0 aromatic rings. The Kier molecular flexibility index (Phi) is 8.60. The highest BCUT2D eigenvalue weighted by atomic mass is 16.4. The number of fused-ring (bicyclic) bond motifs is 2. The molecule has 154 valence electrons. The summed E-state index contributed by atoms with van der Waals surface area (Å²) in [5.41, 5.74) is 0.450. The topological polar surface area (TPSA) is 57.5 Å². The number of carboxylic acids is 1. The van der Waals surface area contributed by atoms with Crippen molar-refractivity contribution in [1.29, 1.82) is 0 Å². The molecule has 3 heteroatoms. The van der Waals surface area contributed by atoms with E-state index in [4.69, 9.17) is 5.11 Å². The fourth-order valence-corrected chi connectivity index (χ4v) is 5.26. The van der Waals surface area contributed by atoms with Crippen LogP contribution in [0.1, 0.15) is 85.0 Å². The molecule has 0 amide bonds. The summed E-state index contributed by atoms with van der Waals surface area (Å²) in [5, 5.41) is 19.0. The molecule has 2 N–H and O–H groups in total. The molecule has 0 aromatic heterocycles. The smallest absolute Gasteiger partial charge is 0.303 e. The molecule has 0 heterocycles. The van der Waals surface area contributed by atoms with Gasteiger partial charge in [-0.2, -0.15) is 0 Å². The number of aliphatic hydroxyl groups is 1. The lowest BCUT2D eigenvalue weighted by Gasteiger charge is -2.62. The zero-order chi connectivity index (χ0) is 19.9. The van der Waals surface area contributed by atoms with Gasteiger partial charge in [-0.25, -0.2) is 0 Å². The zero-order valence-electron chi connectivity index (χ0n) is 17.6. The van der Waals surface area contributed by atoms with E-state index < -0.39 is 5.97 Å². The van der Waals surface area contributed by atoms with Crippen molar-refractivity contribution in [1.82, 2.24) is 0 Å². The van der Waals surface area contributed by atoms with Gasteiger partial charge in [0.1, 0.15) is 0 Å². The second-order valence-corrected chi connectivity index (χ2v) is 9.37. The predicted molar refractivity (Wildman–Crippen MR) is 112 cm³/mol. The van der Waals surface area contributed by atoms with Crippen molar-refractivity contribution in [2.75, 3.05) is 0 Å². The van der Waals surface area contributed by atoms with E-state index in [1.165, 1.54) is 25.7 Å². The fourth-order valence-electron chi connectivity index (χ4n) is 5.26. The summed E-state index contributed by atoms with van der Waals surface area (Å²) >= 11 is 0. The van der Waals surface area contributed by atoms with Gasteiger partial charge in [-0.1, -0.05) is 64.3 Å². The van der Waals surface area contributed by atoms with Crippen molar-refractivity contribution in [3.63, 3.8) is 0 Å². The Morgan fingerprint density at radius 2 is 1.96 bits per heavy atom. The first-order valence-electron chi connectivity index (χ1n) is 11.1. The van der Waals surface area contributed by atoms with Crippen molar-refractivity contribution in [2.45, 2.75) is 91.1 Å². The highest BCUT2D eigenvalue weighted by molar-refractivity contribution is 5.66. The van der Waals surface area contributed by atoms with Crippen molar-refractivity contribution in [3.05, 3.63) is 24.3 Å². The molecule has 3 aliphatic rings. The molecule has 0 aromatic carbocycles. The van der Waals surface area contributed by atoms with Crippen molar-refractivity contribution in [2.24, 2.45) is 29.1 Å². The summed E-state index contributed by atoms with van der Waals surface area (Å²) in [7, 11) is 0. The lowest BCUT2D eigenvalue weighted by Crippen LogP contribution is -2.55. The van der Waals surface area contributed by atoms with Crippen LogP contribution in [0, 0.1) is 29.1 Å². The normalized spacial score (nSPS) is 30.5. The highest BCUT2D eigenvalue weighted by Crippen LogP contribution is 2.64. The summed E-state index contributed by atoms with van der Waals surface area (Å²) < 4.78 is 0. The Bertz CT molecular complexity index is 520. The summed E-state index contributed by atoms with van der Waals surface area (Å²) in [6.45, 7) is 7.04. The Balaban J connectivity index is 1.88. The van der Waals surface area contributed by atoms with Crippen LogP contribution in [-0.4, -0.2) is 22.3 Å². The van der Waals surface area contributed by atoms with E-state index in [9.17, 15) is 9.90 Å². The average Bonchev–Trinajstić information content (AvgIpc) is 2.62. The lowest BCUT2D eigenvalue weighted by atomic mass is 9.43. The summed E-state index contributed by atoms with van der Waals surface area (Å²) in [6.07, 6.45) is 18.4. The van der Waals surface area contributed by atoms with Crippen LogP contribution in [0.5, 0.6) is 0 Å². The van der Waals surface area contributed by atoms with Crippen LogP contribution < -0.4 is 0 Å². The molecule has 0 unspecified atom stereocenters. The van der Waals surface area contributed by atoms with Gasteiger partial charge in [-0.05, 0) is 67.6 Å². The number of hydrogen-bond acceptors (Lipinski definition) is 2. The third-order valence-electron chi connectivity index (χ3n) is 7.19. The average molecular weight is 377 g/mol. The fraction of sp³-hybridized carbons (Fsp3) is 0.792. The van der Waals surface area contributed by atoms with Gasteiger partial charge in [-0.3, -0.25) is 4.79 Å². The molecular weight excluding hydrogens is 336 g/mol. The van der Waals surface area contributed by atoms with Crippen molar-refractivity contribution >= 4 is 5.97 Å². The molecule has 3 nitrogen and oxygen atoms in total. The van der Waals surface area contributed by atoms with Crippen LogP contribution in [0.3, 0.4) is 0 Å². The molecular formula is C24H40O3. The molecule has 0 saturated heterocycles. The molecule has 3 saturated carbocycles. The Hall–Kier alpha value is -1.09. The van der Waals surface area contributed by atoms with E-state index in [2.05, 4.69) is 45.1 Å². The van der Waals surface area contributed by atoms with Gasteiger partial charge in [0.05, 0.1) is 6.10 Å². The van der Waals surface area contributed by atoms with Gasteiger partial charge in [0.25, 0.3) is 0 Å². The number of carbonyl (C=O) groups is 1. The van der Waals surface area contributed by atoms with Gasteiger partial charge in [0.2, 0.25) is 0 Å². The van der Waals surface area contributed by atoms with Crippen LogP contribution >= 0.6 is 0 Å². The van der Waals surface area contributed by atoms with Crippen LogP contribution in [0.4, 0.5) is 0 Å². The first kappa shape index (κ1) is 22.2. The number of unbranched alkanes of at least 4 members (excludes halogenated alkanes) is 3. The number of aliphatic carboxylic acids is 1. The van der Waals surface area contributed by atoms with Gasteiger partial charge in [-0.15, -0.1) is 0 Å². The van der Waals surface area contributed by atoms with E-state index in [1.807, 2.05) is 0 Å². The van der Waals surface area contributed by atoms with Crippen LogP contribution in [0.2, 0.25) is 0 Å². The van der Waals surface area contributed by atoms with E-state index >= 15 is 0 Å². The summed E-state index contributed by atoms with van der Waals surface area (Å²) in [5.74, 6) is 2.11. The second-order valence-electron chi connectivity index (χ2n) is 9.37. The second kappa shape index (κ2) is 10.5. The first-order valence-corrected chi connectivity index (χ1v) is 11.1. The summed E-state index contributed by atoms with van der Waals surface area (Å²) in [4.78, 5) is 10.6. The minimum atomic E-state index is -0.708. The van der Waals surface area contributed by atoms with E-state index in [-0.39, 0.29) is 12.5 Å². The molecule has 3 aliphatic carbocycles. The predicted octanol–water partition coefficient (Wildman–Crippen LogP) is 5.98. The van der Waals surface area contributed by atoms with Gasteiger partial charge >= 0.3 is 5.97 Å². The molecule has 3 fully saturated rings. The third kappa shape index (κ3) is 6.20. The first-order chi connectivity index (χ1) is 12.9. The van der Waals surface area contributed by atoms with Crippen molar-refractivity contribution in [3.8, 4) is 0 Å². The highest BCUT2D eigenvalue weighted by Gasteiger charge is 2.56. The number of rotatable bonds is 12. The maximum atomic E-state index is 10.6. The Morgan fingerprint density at radius 1 is 1.19 bits per heavy atom. The number of carboxylic acid groups (broad SMARTS) is 1. The van der Waals surface area contributed by atoms with Crippen LogP contribution in [0.15, 0.2) is 24.3 Å². The standard InChI is InChI=1S/C24H40O3/c1-4-5-8-11-20(25)15-14-18-16-19-17-22(24(19,2)3)21(18)12-9-6-7-10-13-23(26)27/h6,9,14-15,18-22,25H,4-5,7-8,10-13,16-17H2,1-3H3,(H,26,27)/b9-6-,15-14+/t18-,19-,20-,21-,22-/m0/s1. The largest absolute Gasteiger partial charge is 0.481 e. The monoisotopic (exact) mass is 376 g/mol. The van der Waals surface area contributed by atoms with Gasteiger partial charge < -0.3 is 10.2 Å². The lowest BCUT2D eigenvalue weighted by molar-refractivity contribution is -0.137. The Morgan fingerprint density at radius 3 is 2.63 bits per heavy atom. The minimum Gasteiger partial charge on any atom is -0.481 e. The van der Waals surface area contributed by atoms with E-state index in [1.54, 1.807) is 0 Å². The quantitative estimate of drug-likeness (QED) is 0.325. The number of hydrogen-bond donors (Lipinski definition) is 2. The number of aliphatic hydroxyl groups excluding tert-OH is 1. The third-order valence-corrected chi connectivity index (χ3v) is 7.19. The zero-order valence-corrected chi connectivity index (χ0v) is 17.6. The van der Waals surface area contributed by atoms with Crippen LogP contribution in [-0.2, 0) is 4.79 Å². The molecule has 27 heavy (non-hydrogen) atoms. The molecule has 3 rings (SSSR count). The number of allylic oxidation sites excluding steroid dienone is 3. The molecule has 0 spiro atoms. The van der Waals surface area contributed by atoms with Crippen LogP contribution in [0.25, 0.3) is 0 Å².